The topological polar surface area (TPSA) is 86.7 Å². The summed E-state index contributed by atoms with van der Waals surface area (Å²) in [5, 5.41) is 19.2. The third-order valence-corrected chi connectivity index (χ3v) is 2.69. The van der Waals surface area contributed by atoms with E-state index in [0.29, 0.717) is 12.2 Å². The van der Waals surface area contributed by atoms with E-state index in [1.54, 1.807) is 0 Å². The summed E-state index contributed by atoms with van der Waals surface area (Å²) in [6.45, 7) is 2.03. The first-order valence-electron chi connectivity index (χ1n) is 6.16. The predicted octanol–water partition coefficient (Wildman–Crippen LogP) is 0.754. The molecule has 0 fully saturated rings. The molecule has 1 rings (SSSR count). The Morgan fingerprint density at radius 1 is 1.32 bits per heavy atom. The van der Waals surface area contributed by atoms with Crippen LogP contribution in [0.1, 0.15) is 36.5 Å². The van der Waals surface area contributed by atoms with Gasteiger partial charge in [-0.1, -0.05) is 6.92 Å². The van der Waals surface area contributed by atoms with Gasteiger partial charge in [0, 0.05) is 13.0 Å². The number of aromatic carboxylic acids is 1. The van der Waals surface area contributed by atoms with Gasteiger partial charge in [-0.05, 0) is 48.6 Å². The van der Waals surface area contributed by atoms with Crippen molar-refractivity contribution < 1.29 is 24.5 Å². The summed E-state index contributed by atoms with van der Waals surface area (Å²) >= 11 is 0. The number of aliphatic hydroxyl groups excluding tert-OH is 1. The SMILES string of the molecule is CC(CCCO)CC(=O)Oc1ccc(C(=O)[O-])cc1. The Labute approximate surface area is 111 Å². The normalized spacial score (nSPS) is 11.9. The van der Waals surface area contributed by atoms with Crippen molar-refractivity contribution in [1.29, 1.82) is 0 Å². The van der Waals surface area contributed by atoms with Crippen molar-refractivity contribution in [2.75, 3.05) is 6.61 Å². The average molecular weight is 265 g/mol. The summed E-state index contributed by atoms with van der Waals surface area (Å²) in [6.07, 6.45) is 1.69. The van der Waals surface area contributed by atoms with Crippen molar-refractivity contribution in [2.45, 2.75) is 26.2 Å². The number of esters is 1. The molecule has 0 saturated carbocycles. The maximum atomic E-state index is 11.6. The predicted molar refractivity (Wildman–Crippen MR) is 66.5 cm³/mol. The molecule has 1 N–H and O–H groups in total. The molecular weight excluding hydrogens is 248 g/mol. The van der Waals surface area contributed by atoms with E-state index in [0.717, 1.165) is 6.42 Å². The lowest BCUT2D eigenvalue weighted by Gasteiger charge is -2.10. The quantitative estimate of drug-likeness (QED) is 0.581. The molecule has 0 amide bonds. The lowest BCUT2D eigenvalue weighted by Crippen LogP contribution is -2.22. The van der Waals surface area contributed by atoms with E-state index < -0.39 is 5.97 Å². The van der Waals surface area contributed by atoms with Crippen LogP contribution in [0.3, 0.4) is 0 Å². The zero-order valence-corrected chi connectivity index (χ0v) is 10.8. The van der Waals surface area contributed by atoms with Crippen LogP contribution < -0.4 is 9.84 Å². The highest BCUT2D eigenvalue weighted by molar-refractivity contribution is 5.86. The number of ether oxygens (including phenoxy) is 1. The third kappa shape index (κ3) is 5.52. The standard InChI is InChI=1S/C14H18O5/c1-10(3-2-8-15)9-13(16)19-12-6-4-11(5-7-12)14(17)18/h4-7,10,15H,2-3,8-9H2,1H3,(H,17,18)/p-1. The minimum Gasteiger partial charge on any atom is -0.545 e. The lowest BCUT2D eigenvalue weighted by atomic mass is 10.0. The monoisotopic (exact) mass is 265 g/mol. The summed E-state index contributed by atoms with van der Waals surface area (Å²) in [5.41, 5.74) is 0.0381. The van der Waals surface area contributed by atoms with E-state index in [9.17, 15) is 14.7 Å². The van der Waals surface area contributed by atoms with Gasteiger partial charge in [-0.2, -0.15) is 0 Å². The van der Waals surface area contributed by atoms with Gasteiger partial charge in [-0.3, -0.25) is 4.79 Å². The number of carbonyl (C=O) groups excluding carboxylic acids is 2. The molecule has 1 atom stereocenters. The molecule has 1 aromatic rings. The zero-order chi connectivity index (χ0) is 14.3. The second kappa shape index (κ2) is 7.53. The van der Waals surface area contributed by atoms with Crippen LogP contribution >= 0.6 is 0 Å². The molecule has 0 aromatic heterocycles. The van der Waals surface area contributed by atoms with Crippen LogP contribution in [0.4, 0.5) is 0 Å². The van der Waals surface area contributed by atoms with Gasteiger partial charge in [0.15, 0.2) is 0 Å². The average Bonchev–Trinajstić information content (AvgIpc) is 2.36. The molecule has 0 bridgehead atoms. The molecule has 1 aromatic carbocycles. The molecule has 0 aliphatic carbocycles. The first-order chi connectivity index (χ1) is 9.02. The van der Waals surface area contributed by atoms with E-state index in [4.69, 9.17) is 9.84 Å². The van der Waals surface area contributed by atoms with Crippen LogP contribution in [0.15, 0.2) is 24.3 Å². The van der Waals surface area contributed by atoms with Crippen LogP contribution in [0.2, 0.25) is 0 Å². The highest BCUT2D eigenvalue weighted by atomic mass is 16.5. The van der Waals surface area contributed by atoms with Crippen LogP contribution in [-0.2, 0) is 4.79 Å². The molecule has 5 heteroatoms. The Bertz CT molecular complexity index is 424. The van der Waals surface area contributed by atoms with Crippen LogP contribution in [0, 0.1) is 5.92 Å². The lowest BCUT2D eigenvalue weighted by molar-refractivity contribution is -0.255. The number of rotatable bonds is 7. The van der Waals surface area contributed by atoms with Gasteiger partial charge in [-0.15, -0.1) is 0 Å². The molecule has 0 saturated heterocycles. The van der Waals surface area contributed by atoms with Gasteiger partial charge in [0.1, 0.15) is 5.75 Å². The molecule has 0 heterocycles. The first kappa shape index (κ1) is 15.2. The third-order valence-electron chi connectivity index (χ3n) is 2.69. The summed E-state index contributed by atoms with van der Waals surface area (Å²) in [4.78, 5) is 22.1. The van der Waals surface area contributed by atoms with Crippen molar-refractivity contribution >= 4 is 11.9 Å². The van der Waals surface area contributed by atoms with Gasteiger partial charge in [0.2, 0.25) is 0 Å². The number of hydrogen-bond acceptors (Lipinski definition) is 5. The number of aliphatic hydroxyl groups is 1. The van der Waals surface area contributed by atoms with Gasteiger partial charge < -0.3 is 19.7 Å². The Morgan fingerprint density at radius 2 is 1.95 bits per heavy atom. The molecule has 1 unspecified atom stereocenters. The van der Waals surface area contributed by atoms with Crippen LogP contribution in [0.5, 0.6) is 5.75 Å². The second-order valence-electron chi connectivity index (χ2n) is 4.46. The molecule has 0 aliphatic rings. The Balaban J connectivity index is 2.45. The maximum Gasteiger partial charge on any atom is 0.311 e. The van der Waals surface area contributed by atoms with E-state index in [2.05, 4.69) is 0 Å². The Hall–Kier alpha value is -1.88. The molecular formula is C14H17O5-. The fourth-order valence-corrected chi connectivity index (χ4v) is 1.66. The number of carboxylic acid groups (broad SMARTS) is 1. The first-order valence-corrected chi connectivity index (χ1v) is 6.16. The van der Waals surface area contributed by atoms with Crippen LogP contribution in [0.25, 0.3) is 0 Å². The molecule has 0 radical (unpaired) electrons. The second-order valence-corrected chi connectivity index (χ2v) is 4.46. The van der Waals surface area contributed by atoms with Gasteiger partial charge in [0.05, 0.1) is 5.97 Å². The zero-order valence-electron chi connectivity index (χ0n) is 10.8. The maximum absolute atomic E-state index is 11.6. The minimum absolute atomic E-state index is 0.0381. The van der Waals surface area contributed by atoms with Gasteiger partial charge in [-0.25, -0.2) is 0 Å². The van der Waals surface area contributed by atoms with Crippen molar-refractivity contribution in [2.24, 2.45) is 5.92 Å². The summed E-state index contributed by atoms with van der Waals surface area (Å²) in [6, 6.07) is 5.49. The van der Waals surface area contributed by atoms with Gasteiger partial charge in [0.25, 0.3) is 0 Å². The number of carbonyl (C=O) groups is 2. The molecule has 0 spiro atoms. The van der Waals surface area contributed by atoms with E-state index in [1.165, 1.54) is 24.3 Å². The fourth-order valence-electron chi connectivity index (χ4n) is 1.66. The molecule has 0 aliphatic heterocycles. The van der Waals surface area contributed by atoms with E-state index in [1.807, 2.05) is 6.92 Å². The van der Waals surface area contributed by atoms with Crippen LogP contribution in [-0.4, -0.2) is 23.7 Å². The number of carboxylic acids is 1. The summed E-state index contributed by atoms with van der Waals surface area (Å²) in [5.74, 6) is -1.19. The van der Waals surface area contributed by atoms with E-state index >= 15 is 0 Å². The summed E-state index contributed by atoms with van der Waals surface area (Å²) < 4.78 is 5.08. The fraction of sp³-hybridized carbons (Fsp3) is 0.429. The van der Waals surface area contributed by atoms with Crippen molar-refractivity contribution in [3.63, 3.8) is 0 Å². The number of benzene rings is 1. The largest absolute Gasteiger partial charge is 0.545 e. The molecule has 104 valence electrons. The summed E-state index contributed by atoms with van der Waals surface area (Å²) in [7, 11) is 0. The Kier molecular flexibility index (Phi) is 6.02. The van der Waals surface area contributed by atoms with Crippen molar-refractivity contribution in [1.82, 2.24) is 0 Å². The Morgan fingerprint density at radius 3 is 2.47 bits per heavy atom. The van der Waals surface area contributed by atoms with Crippen molar-refractivity contribution in [3.8, 4) is 5.75 Å². The number of hydrogen-bond donors (Lipinski definition) is 1. The van der Waals surface area contributed by atoms with Gasteiger partial charge >= 0.3 is 5.97 Å². The molecule has 19 heavy (non-hydrogen) atoms. The molecule has 5 nitrogen and oxygen atoms in total. The minimum atomic E-state index is -1.27. The highest BCUT2D eigenvalue weighted by Gasteiger charge is 2.11. The van der Waals surface area contributed by atoms with E-state index in [-0.39, 0.29) is 30.5 Å². The highest BCUT2D eigenvalue weighted by Crippen LogP contribution is 2.15. The smallest absolute Gasteiger partial charge is 0.311 e. The van der Waals surface area contributed by atoms with Crippen molar-refractivity contribution in [3.05, 3.63) is 29.8 Å².